The van der Waals surface area contributed by atoms with Gasteiger partial charge in [-0.05, 0) is 6.92 Å². The largest absolute Gasteiger partial charge is 1.00 e. The number of hydrogen-bond donors (Lipinski definition) is 2. The van der Waals surface area contributed by atoms with Crippen molar-refractivity contribution in [1.82, 2.24) is 0 Å². The summed E-state index contributed by atoms with van der Waals surface area (Å²) in [6.07, 6.45) is 2.28. The molecule has 0 aliphatic carbocycles. The van der Waals surface area contributed by atoms with Crippen LogP contribution in [0, 0.1) is 6.92 Å². The Morgan fingerprint density at radius 3 is 1.50 bits per heavy atom. The maximum Gasteiger partial charge on any atom is 1.00 e. The summed E-state index contributed by atoms with van der Waals surface area (Å²) < 4.78 is 0. The molecular formula is C8H19KO3. The van der Waals surface area contributed by atoms with E-state index in [9.17, 15) is 0 Å². The fourth-order valence-electron chi connectivity index (χ4n) is 0. The number of aliphatic hydroxyl groups is 1. The molecule has 2 N–H and O–H groups in total. The van der Waals surface area contributed by atoms with Crippen LogP contribution in [-0.2, 0) is 4.79 Å². The molecule has 3 nitrogen and oxygen atoms in total. The van der Waals surface area contributed by atoms with Gasteiger partial charge in [-0.2, -0.15) is 6.42 Å². The Labute approximate surface area is 118 Å². The number of unbranched alkanes of at least 4 members (excludes halogenated alkanes) is 1. The summed E-state index contributed by atoms with van der Waals surface area (Å²) in [4.78, 5) is 9.00. The number of carboxylic acid groups (broad SMARTS) is 1. The van der Waals surface area contributed by atoms with E-state index in [0.717, 1.165) is 13.3 Å². The minimum absolute atomic E-state index is 0. The number of rotatable bonds is 1. The minimum Gasteiger partial charge on any atom is -0.481 e. The van der Waals surface area contributed by atoms with Gasteiger partial charge in [0.25, 0.3) is 5.97 Å². The van der Waals surface area contributed by atoms with Crippen molar-refractivity contribution in [1.29, 1.82) is 0 Å². The van der Waals surface area contributed by atoms with E-state index in [1.165, 1.54) is 6.42 Å². The van der Waals surface area contributed by atoms with E-state index in [0.29, 0.717) is 0 Å². The summed E-state index contributed by atoms with van der Waals surface area (Å²) in [6, 6.07) is 0. The summed E-state index contributed by atoms with van der Waals surface area (Å²) >= 11 is 0. The fraction of sp³-hybridized carbons (Fsp3) is 0.750. The fourth-order valence-corrected chi connectivity index (χ4v) is 0. The molecule has 0 rings (SSSR count). The van der Waals surface area contributed by atoms with E-state index >= 15 is 0 Å². The molecule has 0 bridgehead atoms. The monoisotopic (exact) mass is 202 g/mol. The third-order valence-electron chi connectivity index (χ3n) is 0.354. The van der Waals surface area contributed by atoms with Gasteiger partial charge in [0, 0.05) is 13.5 Å². The van der Waals surface area contributed by atoms with E-state index < -0.39 is 5.97 Å². The van der Waals surface area contributed by atoms with Gasteiger partial charge < -0.3 is 17.1 Å². The van der Waals surface area contributed by atoms with Crippen LogP contribution < -0.4 is 51.4 Å². The summed E-state index contributed by atoms with van der Waals surface area (Å²) in [7, 11) is 0. The smallest absolute Gasteiger partial charge is 0.481 e. The van der Waals surface area contributed by atoms with Crippen molar-refractivity contribution in [3.63, 3.8) is 0 Å². The van der Waals surface area contributed by atoms with Crippen molar-refractivity contribution in [3.05, 3.63) is 6.92 Å². The molecule has 0 radical (unpaired) electrons. The number of hydrogen-bond acceptors (Lipinski definition) is 2. The first-order valence-corrected chi connectivity index (χ1v) is 3.66. The standard InChI is InChI=1S/C4H9.C2H4O2.C2H6O.K/c1-3-4-2;1-2(3)4;1-2-3;/h1,3-4H2,2H3;1H3,(H,3,4);3H,2H2,1H3;/q-1;;;+1. The zero-order chi connectivity index (χ0) is 9.70. The van der Waals surface area contributed by atoms with Crippen molar-refractivity contribution in [2.75, 3.05) is 6.61 Å². The summed E-state index contributed by atoms with van der Waals surface area (Å²) in [5.74, 6) is -0.833. The van der Waals surface area contributed by atoms with Crippen molar-refractivity contribution >= 4 is 5.97 Å². The molecule has 0 aliphatic rings. The van der Waals surface area contributed by atoms with Gasteiger partial charge in [-0.3, -0.25) is 4.79 Å². The SMILES string of the molecule is CC(=O)O.CCO.[CH2-]CCC.[K+]. The van der Waals surface area contributed by atoms with Crippen molar-refractivity contribution in [2.45, 2.75) is 33.6 Å². The number of aliphatic carboxylic acids is 1. The molecule has 0 aromatic carbocycles. The molecule has 0 unspecified atom stereocenters. The Balaban J connectivity index is -0.0000000389. The van der Waals surface area contributed by atoms with Crippen LogP contribution in [0.4, 0.5) is 0 Å². The van der Waals surface area contributed by atoms with Crippen molar-refractivity contribution < 1.29 is 66.4 Å². The Morgan fingerprint density at radius 1 is 1.42 bits per heavy atom. The Kier molecular flexibility index (Phi) is 57.1. The molecule has 0 spiro atoms. The quantitative estimate of drug-likeness (QED) is 0.411. The average molecular weight is 202 g/mol. The van der Waals surface area contributed by atoms with Gasteiger partial charge in [0.1, 0.15) is 0 Å². The second kappa shape index (κ2) is 29.6. The molecule has 0 saturated heterocycles. The van der Waals surface area contributed by atoms with Crippen molar-refractivity contribution in [2.24, 2.45) is 0 Å². The summed E-state index contributed by atoms with van der Waals surface area (Å²) in [5.41, 5.74) is 0. The molecule has 0 saturated carbocycles. The third-order valence-corrected chi connectivity index (χ3v) is 0.354. The van der Waals surface area contributed by atoms with Crippen LogP contribution in [-0.4, -0.2) is 22.8 Å². The van der Waals surface area contributed by atoms with Gasteiger partial charge in [0.2, 0.25) is 0 Å². The molecule has 0 aromatic heterocycles. The Hall–Kier alpha value is 1.07. The van der Waals surface area contributed by atoms with Gasteiger partial charge in [0.15, 0.2) is 0 Å². The van der Waals surface area contributed by atoms with Gasteiger partial charge in [-0.1, -0.05) is 13.3 Å². The molecule has 4 heteroatoms. The number of aliphatic hydroxyl groups excluding tert-OH is 1. The molecule has 0 aliphatic heterocycles. The Bertz CT molecular complexity index is 61.3. The van der Waals surface area contributed by atoms with Crippen molar-refractivity contribution in [3.8, 4) is 0 Å². The second-order valence-corrected chi connectivity index (χ2v) is 1.69. The van der Waals surface area contributed by atoms with E-state index in [2.05, 4.69) is 13.8 Å². The molecule has 0 aromatic rings. The third kappa shape index (κ3) is 263. The molecule has 0 fully saturated rings. The van der Waals surface area contributed by atoms with Crippen LogP contribution in [0.5, 0.6) is 0 Å². The first kappa shape index (κ1) is 23.1. The van der Waals surface area contributed by atoms with Crippen LogP contribution in [0.15, 0.2) is 0 Å². The van der Waals surface area contributed by atoms with E-state index in [1.54, 1.807) is 6.92 Å². The number of carbonyl (C=O) groups is 1. The van der Waals surface area contributed by atoms with Crippen LogP contribution in [0.1, 0.15) is 33.6 Å². The van der Waals surface area contributed by atoms with Crippen LogP contribution in [0.2, 0.25) is 0 Å². The van der Waals surface area contributed by atoms with E-state index in [4.69, 9.17) is 15.0 Å². The maximum atomic E-state index is 9.00. The van der Waals surface area contributed by atoms with E-state index in [-0.39, 0.29) is 58.0 Å². The first-order valence-electron chi connectivity index (χ1n) is 3.66. The van der Waals surface area contributed by atoms with Crippen LogP contribution in [0.25, 0.3) is 0 Å². The zero-order valence-electron chi connectivity index (χ0n) is 8.63. The molecule has 70 valence electrons. The predicted molar refractivity (Wildman–Crippen MR) is 46.3 cm³/mol. The summed E-state index contributed by atoms with van der Waals surface area (Å²) in [6.45, 7) is 8.74. The predicted octanol–water partition coefficient (Wildman–Crippen LogP) is -1.29. The molecule has 0 heterocycles. The van der Waals surface area contributed by atoms with E-state index in [1.807, 2.05) is 0 Å². The summed E-state index contributed by atoms with van der Waals surface area (Å²) in [5, 5.41) is 15.0. The normalized spacial score (nSPS) is 6.08. The van der Waals surface area contributed by atoms with Crippen LogP contribution in [0.3, 0.4) is 0 Å². The van der Waals surface area contributed by atoms with Gasteiger partial charge in [-0.25, -0.2) is 0 Å². The average Bonchev–Trinajstić information content (AvgIpc) is 1.88. The van der Waals surface area contributed by atoms with Crippen LogP contribution >= 0.6 is 0 Å². The molecule has 0 amide bonds. The van der Waals surface area contributed by atoms with Gasteiger partial charge in [0.05, 0.1) is 0 Å². The second-order valence-electron chi connectivity index (χ2n) is 1.69. The van der Waals surface area contributed by atoms with Gasteiger partial charge >= 0.3 is 51.4 Å². The maximum absolute atomic E-state index is 9.00. The molecular weight excluding hydrogens is 183 g/mol. The number of carboxylic acids is 1. The first-order chi connectivity index (χ1) is 5.06. The van der Waals surface area contributed by atoms with Gasteiger partial charge in [-0.15, -0.1) is 0 Å². The zero-order valence-corrected chi connectivity index (χ0v) is 11.8. The Morgan fingerprint density at radius 2 is 1.50 bits per heavy atom. The minimum atomic E-state index is -0.833. The molecule has 12 heavy (non-hydrogen) atoms. The topological polar surface area (TPSA) is 57.5 Å². The molecule has 0 atom stereocenters.